The smallest absolute Gasteiger partial charge is 0.203 e. The molecule has 0 bridgehead atoms. The summed E-state index contributed by atoms with van der Waals surface area (Å²) in [6.07, 6.45) is 0. The lowest BCUT2D eigenvalue weighted by molar-refractivity contribution is 0.324. The summed E-state index contributed by atoms with van der Waals surface area (Å²) in [4.78, 5) is 0.165. The van der Waals surface area contributed by atoms with Crippen molar-refractivity contribution in [3.05, 3.63) is 47.5 Å². The van der Waals surface area contributed by atoms with Crippen molar-refractivity contribution in [3.63, 3.8) is 0 Å². The lowest BCUT2D eigenvalue weighted by Crippen LogP contribution is -2.11. The van der Waals surface area contributed by atoms with E-state index in [9.17, 15) is 8.78 Å². The summed E-state index contributed by atoms with van der Waals surface area (Å²) in [6.45, 7) is 0. The van der Waals surface area contributed by atoms with Crippen molar-refractivity contribution >= 4 is 22.9 Å². The van der Waals surface area contributed by atoms with Crippen molar-refractivity contribution in [3.8, 4) is 17.2 Å². The van der Waals surface area contributed by atoms with Crippen LogP contribution in [0.15, 0.2) is 30.3 Å². The normalized spacial score (nSPS) is 10.1. The topological polar surface area (TPSA) is 39.7 Å². The standard InChI is InChI=1S/C16H15F2NO3S/c1-20-13-7-12(8-14(21-2)15(13)22-3)19-16(23)9-4-10(17)6-11(18)5-9/h4-8H,1-3H3,(H,19,23). The maximum absolute atomic E-state index is 13.3. The van der Waals surface area contributed by atoms with Gasteiger partial charge in [0.25, 0.3) is 0 Å². The minimum Gasteiger partial charge on any atom is -0.493 e. The summed E-state index contributed by atoms with van der Waals surface area (Å²) in [5.74, 6) is -0.100. The Morgan fingerprint density at radius 3 is 1.83 bits per heavy atom. The van der Waals surface area contributed by atoms with Crippen LogP contribution in [0.3, 0.4) is 0 Å². The molecule has 4 nitrogen and oxygen atoms in total. The molecule has 0 amide bonds. The number of hydrogen-bond donors (Lipinski definition) is 1. The van der Waals surface area contributed by atoms with Crippen molar-refractivity contribution in [2.75, 3.05) is 26.6 Å². The van der Waals surface area contributed by atoms with Gasteiger partial charge in [0.15, 0.2) is 11.5 Å². The molecule has 0 aliphatic rings. The van der Waals surface area contributed by atoms with Gasteiger partial charge in [-0.2, -0.15) is 0 Å². The molecule has 2 aromatic carbocycles. The average Bonchev–Trinajstić information content (AvgIpc) is 2.52. The first kappa shape index (κ1) is 17.0. The molecule has 0 saturated carbocycles. The largest absolute Gasteiger partial charge is 0.493 e. The molecule has 0 radical (unpaired) electrons. The van der Waals surface area contributed by atoms with Crippen LogP contribution in [0.1, 0.15) is 5.56 Å². The molecule has 2 aromatic rings. The second kappa shape index (κ2) is 7.23. The van der Waals surface area contributed by atoms with Gasteiger partial charge in [-0.15, -0.1) is 0 Å². The Bertz CT molecular complexity index is 692. The quantitative estimate of drug-likeness (QED) is 0.840. The molecule has 0 atom stereocenters. The zero-order valence-electron chi connectivity index (χ0n) is 12.8. The molecule has 0 heterocycles. The molecule has 7 heteroatoms. The lowest BCUT2D eigenvalue weighted by Gasteiger charge is -2.15. The van der Waals surface area contributed by atoms with Gasteiger partial charge >= 0.3 is 0 Å². The van der Waals surface area contributed by atoms with E-state index in [1.54, 1.807) is 12.1 Å². The van der Waals surface area contributed by atoms with Gasteiger partial charge in [0.2, 0.25) is 5.75 Å². The maximum atomic E-state index is 13.3. The first-order valence-corrected chi connectivity index (χ1v) is 6.96. The highest BCUT2D eigenvalue weighted by Gasteiger charge is 2.14. The van der Waals surface area contributed by atoms with E-state index in [0.717, 1.165) is 18.2 Å². The second-order valence-electron chi connectivity index (χ2n) is 4.53. The van der Waals surface area contributed by atoms with E-state index in [1.807, 2.05) is 0 Å². The number of halogens is 2. The van der Waals surface area contributed by atoms with Crippen molar-refractivity contribution in [1.82, 2.24) is 0 Å². The summed E-state index contributed by atoms with van der Waals surface area (Å²) < 4.78 is 42.3. The van der Waals surface area contributed by atoms with Crippen molar-refractivity contribution < 1.29 is 23.0 Å². The zero-order chi connectivity index (χ0) is 17.0. The molecule has 0 saturated heterocycles. The molecule has 0 aliphatic heterocycles. The average molecular weight is 339 g/mol. The molecular formula is C16H15F2NO3S. The number of hydrogen-bond acceptors (Lipinski definition) is 4. The van der Waals surface area contributed by atoms with Crippen LogP contribution in [-0.2, 0) is 0 Å². The Morgan fingerprint density at radius 2 is 1.39 bits per heavy atom. The fraction of sp³-hybridized carbons (Fsp3) is 0.188. The molecule has 0 spiro atoms. The van der Waals surface area contributed by atoms with Gasteiger partial charge in [0, 0.05) is 29.4 Å². The SMILES string of the molecule is COc1cc(NC(=S)c2cc(F)cc(F)c2)cc(OC)c1OC. The van der Waals surface area contributed by atoms with E-state index in [1.165, 1.54) is 21.3 Å². The molecular weight excluding hydrogens is 324 g/mol. The maximum Gasteiger partial charge on any atom is 0.203 e. The fourth-order valence-electron chi connectivity index (χ4n) is 2.04. The number of thiocarbonyl (C=S) groups is 1. The van der Waals surface area contributed by atoms with E-state index < -0.39 is 11.6 Å². The third-order valence-corrected chi connectivity index (χ3v) is 3.39. The number of anilines is 1. The summed E-state index contributed by atoms with van der Waals surface area (Å²) >= 11 is 5.18. The van der Waals surface area contributed by atoms with Crippen LogP contribution < -0.4 is 19.5 Å². The molecule has 0 aromatic heterocycles. The Hall–Kier alpha value is -2.41. The zero-order valence-corrected chi connectivity index (χ0v) is 13.6. The molecule has 1 N–H and O–H groups in total. The molecule has 23 heavy (non-hydrogen) atoms. The van der Waals surface area contributed by atoms with Crippen molar-refractivity contribution in [2.45, 2.75) is 0 Å². The van der Waals surface area contributed by atoms with E-state index in [4.69, 9.17) is 26.4 Å². The van der Waals surface area contributed by atoms with E-state index >= 15 is 0 Å². The minimum atomic E-state index is -0.700. The van der Waals surface area contributed by atoms with Crippen LogP contribution in [0, 0.1) is 11.6 Å². The first-order chi connectivity index (χ1) is 11.0. The molecule has 0 unspecified atom stereocenters. The van der Waals surface area contributed by atoms with Crippen LogP contribution in [-0.4, -0.2) is 26.3 Å². The molecule has 0 fully saturated rings. The Kier molecular flexibility index (Phi) is 5.33. The van der Waals surface area contributed by atoms with E-state index in [2.05, 4.69) is 5.32 Å². The molecule has 122 valence electrons. The van der Waals surface area contributed by atoms with Crippen LogP contribution >= 0.6 is 12.2 Å². The molecule has 2 rings (SSSR count). The monoisotopic (exact) mass is 339 g/mol. The van der Waals surface area contributed by atoms with E-state index in [0.29, 0.717) is 22.9 Å². The van der Waals surface area contributed by atoms with E-state index in [-0.39, 0.29) is 10.6 Å². The lowest BCUT2D eigenvalue weighted by atomic mass is 10.2. The predicted octanol–water partition coefficient (Wildman–Crippen LogP) is 3.78. The number of rotatable bonds is 5. The Balaban J connectivity index is 2.34. The second-order valence-corrected chi connectivity index (χ2v) is 4.93. The highest BCUT2D eigenvalue weighted by molar-refractivity contribution is 7.81. The number of ether oxygens (including phenoxy) is 3. The summed E-state index contributed by atoms with van der Waals surface area (Å²) in [5.41, 5.74) is 0.764. The van der Waals surface area contributed by atoms with Gasteiger partial charge in [-0.1, -0.05) is 12.2 Å². The van der Waals surface area contributed by atoms with Crippen LogP contribution in [0.2, 0.25) is 0 Å². The van der Waals surface area contributed by atoms with Crippen LogP contribution in [0.4, 0.5) is 14.5 Å². The van der Waals surface area contributed by atoms with Gasteiger partial charge in [-0.3, -0.25) is 0 Å². The van der Waals surface area contributed by atoms with Gasteiger partial charge in [0.05, 0.1) is 21.3 Å². The highest BCUT2D eigenvalue weighted by Crippen LogP contribution is 2.40. The van der Waals surface area contributed by atoms with Gasteiger partial charge in [0.1, 0.15) is 16.6 Å². The fourth-order valence-corrected chi connectivity index (χ4v) is 2.28. The number of methoxy groups -OCH3 is 3. The van der Waals surface area contributed by atoms with Crippen LogP contribution in [0.25, 0.3) is 0 Å². The van der Waals surface area contributed by atoms with Gasteiger partial charge in [-0.05, 0) is 12.1 Å². The minimum absolute atomic E-state index is 0.165. The highest BCUT2D eigenvalue weighted by atomic mass is 32.1. The third kappa shape index (κ3) is 3.87. The predicted molar refractivity (Wildman–Crippen MR) is 87.8 cm³/mol. The van der Waals surface area contributed by atoms with Crippen molar-refractivity contribution in [1.29, 1.82) is 0 Å². The third-order valence-electron chi connectivity index (χ3n) is 3.05. The Labute approximate surface area is 138 Å². The number of nitrogens with one attached hydrogen (secondary N) is 1. The summed E-state index contributed by atoms with van der Waals surface area (Å²) in [7, 11) is 4.47. The van der Waals surface area contributed by atoms with Gasteiger partial charge in [-0.25, -0.2) is 8.78 Å². The van der Waals surface area contributed by atoms with Crippen LogP contribution in [0.5, 0.6) is 17.2 Å². The van der Waals surface area contributed by atoms with Crippen molar-refractivity contribution in [2.24, 2.45) is 0 Å². The summed E-state index contributed by atoms with van der Waals surface area (Å²) in [6, 6.07) is 6.37. The Morgan fingerprint density at radius 1 is 0.870 bits per heavy atom. The number of benzene rings is 2. The van der Waals surface area contributed by atoms with Gasteiger partial charge < -0.3 is 19.5 Å². The first-order valence-electron chi connectivity index (χ1n) is 6.56. The molecule has 0 aliphatic carbocycles. The summed E-state index contributed by atoms with van der Waals surface area (Å²) in [5, 5.41) is 2.90.